The molecule has 2 heterocycles. The van der Waals surface area contributed by atoms with Crippen molar-refractivity contribution in [3.63, 3.8) is 0 Å². The first kappa shape index (κ1) is 53.8. The van der Waals surface area contributed by atoms with E-state index in [1.54, 1.807) is 26.0 Å². The Morgan fingerprint density at radius 1 is 0.672 bits per heavy atom. The largest absolute Gasteiger partial charge is 0.396 e. The minimum absolute atomic E-state index is 0.0402. The number of rotatable bonds is 12. The number of aliphatic hydroxyl groups is 13. The molecule has 13 N–H and O–H groups in total. The first-order chi connectivity index (χ1) is 31.0. The van der Waals surface area contributed by atoms with Crippen LogP contribution in [0.3, 0.4) is 0 Å². The van der Waals surface area contributed by atoms with Crippen molar-refractivity contribution >= 4 is 0 Å². The zero-order chi connectivity index (χ0) is 49.7. The van der Waals surface area contributed by atoms with Crippen molar-refractivity contribution in [2.75, 3.05) is 13.2 Å². The van der Waals surface area contributed by atoms with Crippen LogP contribution in [0.1, 0.15) is 114 Å². The number of fused-ring (bicyclic) bond motifs is 5. The van der Waals surface area contributed by atoms with Crippen molar-refractivity contribution < 1.29 is 90.1 Å². The third-order valence-corrected chi connectivity index (χ3v) is 19.1. The third kappa shape index (κ3) is 9.15. The SMILES string of the molecule is CC1OC(OC2C(OC3CC4(C)C(CC(O)C5C(C(C)(CC=CC(C)(C)O)OC6OC(CO)C(O)C(O)C6O)CCC54C)C4(C)CCC(O)C(C)(C)C34)CC(CO)C(O)C2O)C(O)C(O)C1O. The summed E-state index contributed by atoms with van der Waals surface area (Å²) in [6.45, 7) is 16.3. The van der Waals surface area contributed by atoms with Gasteiger partial charge in [0.05, 0.1) is 54.4 Å². The molecular weight excluding hydrogens is 877 g/mol. The summed E-state index contributed by atoms with van der Waals surface area (Å²) in [6.07, 6.45) is -15.6. The predicted octanol–water partition coefficient (Wildman–Crippen LogP) is -0.394. The Morgan fingerprint density at radius 2 is 1.31 bits per heavy atom. The Hall–Kier alpha value is -0.980. The minimum atomic E-state index is -1.71. The molecule has 0 radical (unpaired) electrons. The van der Waals surface area contributed by atoms with E-state index in [1.165, 1.54) is 6.92 Å². The van der Waals surface area contributed by atoms with Gasteiger partial charge in [-0.1, -0.05) is 46.8 Å². The summed E-state index contributed by atoms with van der Waals surface area (Å²) < 4.78 is 32.1. The van der Waals surface area contributed by atoms with Gasteiger partial charge in [-0.2, -0.15) is 0 Å². The van der Waals surface area contributed by atoms with E-state index in [2.05, 4.69) is 20.8 Å². The van der Waals surface area contributed by atoms with Crippen LogP contribution in [-0.2, 0) is 23.7 Å². The number of hydrogen-bond donors (Lipinski definition) is 13. The van der Waals surface area contributed by atoms with E-state index in [9.17, 15) is 66.4 Å². The summed E-state index contributed by atoms with van der Waals surface area (Å²) >= 11 is 0. The average Bonchev–Trinajstić information content (AvgIpc) is 3.64. The molecule has 388 valence electrons. The second kappa shape index (κ2) is 19.1. The summed E-state index contributed by atoms with van der Waals surface area (Å²) in [6, 6.07) is 0. The van der Waals surface area contributed by atoms with E-state index in [0.29, 0.717) is 38.5 Å². The van der Waals surface area contributed by atoms with Gasteiger partial charge in [0.1, 0.15) is 54.9 Å². The maximum atomic E-state index is 12.8. The van der Waals surface area contributed by atoms with Crippen LogP contribution in [0, 0.1) is 51.2 Å². The van der Waals surface area contributed by atoms with Gasteiger partial charge in [0.25, 0.3) is 0 Å². The Kier molecular flexibility index (Phi) is 15.4. The fourth-order valence-corrected chi connectivity index (χ4v) is 15.3. The first-order valence-corrected chi connectivity index (χ1v) is 24.7. The van der Waals surface area contributed by atoms with E-state index in [0.717, 1.165) is 0 Å². The highest BCUT2D eigenvalue weighted by atomic mass is 16.7. The fraction of sp³-hybridized carbons (Fsp3) is 0.959. The third-order valence-electron chi connectivity index (χ3n) is 19.1. The molecule has 7 rings (SSSR count). The molecule has 7 aliphatic rings. The Morgan fingerprint density at radius 3 is 1.94 bits per heavy atom. The summed E-state index contributed by atoms with van der Waals surface area (Å²) in [5.41, 5.74) is -4.83. The van der Waals surface area contributed by atoms with Crippen molar-refractivity contribution in [2.24, 2.45) is 51.2 Å². The number of hydrogen-bond acceptors (Lipinski definition) is 18. The second-order valence-electron chi connectivity index (χ2n) is 24.0. The van der Waals surface area contributed by atoms with Gasteiger partial charge in [0.2, 0.25) is 0 Å². The summed E-state index contributed by atoms with van der Waals surface area (Å²) in [4.78, 5) is 0. The molecule has 26 unspecified atom stereocenters. The van der Waals surface area contributed by atoms with Crippen LogP contribution in [-0.4, -0.2) is 195 Å². The number of ether oxygens (including phenoxy) is 5. The summed E-state index contributed by atoms with van der Waals surface area (Å²) in [5.74, 6) is -2.03. The molecule has 0 aromatic rings. The van der Waals surface area contributed by atoms with Gasteiger partial charge in [-0.05, 0) is 124 Å². The van der Waals surface area contributed by atoms with Crippen molar-refractivity contribution in [1.29, 1.82) is 0 Å². The van der Waals surface area contributed by atoms with Gasteiger partial charge >= 0.3 is 0 Å². The van der Waals surface area contributed by atoms with Crippen LogP contribution < -0.4 is 0 Å². The molecule has 18 nitrogen and oxygen atoms in total. The molecule has 67 heavy (non-hydrogen) atoms. The van der Waals surface area contributed by atoms with Gasteiger partial charge in [0, 0.05) is 12.5 Å². The Balaban J connectivity index is 1.28. The van der Waals surface area contributed by atoms with E-state index in [1.807, 2.05) is 20.8 Å². The minimum Gasteiger partial charge on any atom is -0.396 e. The summed E-state index contributed by atoms with van der Waals surface area (Å²) in [7, 11) is 0. The highest BCUT2D eigenvalue weighted by Gasteiger charge is 2.74. The topological polar surface area (TPSA) is 309 Å². The van der Waals surface area contributed by atoms with E-state index >= 15 is 0 Å². The molecule has 0 bridgehead atoms. The molecule has 0 aromatic carbocycles. The molecule has 0 aromatic heterocycles. The van der Waals surface area contributed by atoms with Crippen molar-refractivity contribution in [2.45, 2.75) is 229 Å². The lowest BCUT2D eigenvalue weighted by molar-refractivity contribution is -0.342. The van der Waals surface area contributed by atoms with Gasteiger partial charge in [-0.3, -0.25) is 0 Å². The van der Waals surface area contributed by atoms with Gasteiger partial charge in [-0.25, -0.2) is 0 Å². The maximum Gasteiger partial charge on any atom is 0.187 e. The molecule has 5 aliphatic carbocycles. The monoisotopic (exact) mass is 961 g/mol. The van der Waals surface area contributed by atoms with Crippen LogP contribution in [0.2, 0.25) is 0 Å². The van der Waals surface area contributed by atoms with Crippen molar-refractivity contribution in [1.82, 2.24) is 0 Å². The highest BCUT2D eigenvalue weighted by Crippen LogP contribution is 2.76. The highest BCUT2D eigenvalue weighted by molar-refractivity contribution is 5.22. The molecule has 7 fully saturated rings. The standard InChI is InChI=1S/C49H84O18/c1-22-32(54)35(57)38(60)42(63-22)66-40-26(17-23(20-50)33(55)37(40)59)64-27-19-48(8)29(46(6)15-12-30(53)45(4,5)41(27)46)18-25(52)31-24(11-16-47(31,48)7)49(9,14-10-13-44(2,3)62)67-43-39(61)36(58)34(56)28(21-51)65-43/h10,13,22-43,50-62H,11-12,14-21H2,1-9H3. The average molecular weight is 961 g/mol. The van der Waals surface area contributed by atoms with Gasteiger partial charge in [-0.15, -0.1) is 0 Å². The summed E-state index contributed by atoms with van der Waals surface area (Å²) in [5, 5.41) is 143. The Bertz CT molecular complexity index is 1730. The molecule has 0 spiro atoms. The zero-order valence-electron chi connectivity index (χ0n) is 40.8. The lowest BCUT2D eigenvalue weighted by Crippen LogP contribution is -2.71. The molecule has 18 heteroatoms. The van der Waals surface area contributed by atoms with Crippen LogP contribution >= 0.6 is 0 Å². The van der Waals surface area contributed by atoms with E-state index < -0.39 is 168 Å². The van der Waals surface area contributed by atoms with Crippen molar-refractivity contribution in [3.05, 3.63) is 12.2 Å². The smallest absolute Gasteiger partial charge is 0.187 e. The molecule has 26 atom stereocenters. The van der Waals surface area contributed by atoms with Crippen LogP contribution in [0.5, 0.6) is 0 Å². The maximum absolute atomic E-state index is 12.8. The predicted molar refractivity (Wildman–Crippen MR) is 238 cm³/mol. The van der Waals surface area contributed by atoms with E-state index in [-0.39, 0.29) is 24.7 Å². The first-order valence-electron chi connectivity index (χ1n) is 24.7. The molecule has 2 aliphatic heterocycles. The van der Waals surface area contributed by atoms with Gasteiger partial charge < -0.3 is 90.1 Å². The quantitative estimate of drug-likeness (QED) is 0.111. The van der Waals surface area contributed by atoms with E-state index in [4.69, 9.17) is 23.7 Å². The molecule has 0 amide bonds. The fourth-order valence-electron chi connectivity index (χ4n) is 15.3. The molecule has 2 saturated heterocycles. The molecule has 5 saturated carbocycles. The number of aliphatic hydroxyl groups excluding tert-OH is 12. The lowest BCUT2D eigenvalue weighted by Gasteiger charge is -2.72. The van der Waals surface area contributed by atoms with Gasteiger partial charge in [0.15, 0.2) is 12.6 Å². The zero-order valence-corrected chi connectivity index (χ0v) is 40.8. The van der Waals surface area contributed by atoms with Crippen LogP contribution in [0.4, 0.5) is 0 Å². The molecular formula is C49H84O18. The van der Waals surface area contributed by atoms with Crippen LogP contribution in [0.25, 0.3) is 0 Å². The second-order valence-corrected chi connectivity index (χ2v) is 24.0. The van der Waals surface area contributed by atoms with Crippen LogP contribution in [0.15, 0.2) is 12.2 Å². The normalized spacial score (nSPS) is 53.4. The lowest BCUT2D eigenvalue weighted by atomic mass is 9.34. The van der Waals surface area contributed by atoms with Crippen molar-refractivity contribution in [3.8, 4) is 0 Å². The Labute approximate surface area is 394 Å².